The minimum absolute atomic E-state index is 0.171. The molecule has 0 saturated carbocycles. The van der Waals surface area contributed by atoms with E-state index in [1.54, 1.807) is 7.11 Å². The summed E-state index contributed by atoms with van der Waals surface area (Å²) in [5, 5.41) is 10.7. The van der Waals surface area contributed by atoms with Crippen LogP contribution in [0.2, 0.25) is 0 Å². The van der Waals surface area contributed by atoms with Gasteiger partial charge in [-0.1, -0.05) is 38.5 Å². The Morgan fingerprint density at radius 1 is 1.28 bits per heavy atom. The maximum absolute atomic E-state index is 10.7. The molecule has 3 heteroatoms. The molecule has 0 aliphatic rings. The largest absolute Gasteiger partial charge is 0.491 e. The number of para-hydroxylation sites is 1. The molecule has 18 heavy (non-hydrogen) atoms. The summed E-state index contributed by atoms with van der Waals surface area (Å²) < 4.78 is 10.6. The van der Waals surface area contributed by atoms with E-state index in [2.05, 4.69) is 6.92 Å². The molecule has 1 aromatic rings. The van der Waals surface area contributed by atoms with Gasteiger partial charge in [-0.2, -0.15) is 0 Å². The van der Waals surface area contributed by atoms with Crippen molar-refractivity contribution in [3.63, 3.8) is 0 Å². The van der Waals surface area contributed by atoms with E-state index in [9.17, 15) is 5.11 Å². The number of rotatable bonds is 7. The normalized spacial score (nSPS) is 16.1. The summed E-state index contributed by atoms with van der Waals surface area (Å²) in [6.45, 7) is 7.00. The molecule has 3 nitrogen and oxygen atoms in total. The Kier molecular flexibility index (Phi) is 5.63. The summed E-state index contributed by atoms with van der Waals surface area (Å²) in [6.07, 6.45) is 0.916. The molecule has 0 radical (unpaired) electrons. The van der Waals surface area contributed by atoms with E-state index < -0.39 is 5.60 Å². The second-order valence-electron chi connectivity index (χ2n) is 4.79. The standard InChI is InChI=1S/C15H24O3/c1-5-12(2)15(3,16)13-8-6-7-9-14(13)18-11-10-17-4/h6-9,12,16H,5,10-11H2,1-4H3. The molecule has 0 bridgehead atoms. The van der Waals surface area contributed by atoms with Gasteiger partial charge in [0.05, 0.1) is 12.2 Å². The molecule has 1 N–H and O–H groups in total. The van der Waals surface area contributed by atoms with Crippen molar-refractivity contribution in [1.29, 1.82) is 0 Å². The maximum Gasteiger partial charge on any atom is 0.125 e. The highest BCUT2D eigenvalue weighted by molar-refractivity contribution is 5.38. The van der Waals surface area contributed by atoms with Gasteiger partial charge in [0.2, 0.25) is 0 Å². The number of hydrogen-bond donors (Lipinski definition) is 1. The van der Waals surface area contributed by atoms with Gasteiger partial charge in [-0.25, -0.2) is 0 Å². The third kappa shape index (κ3) is 3.47. The molecule has 102 valence electrons. The van der Waals surface area contributed by atoms with E-state index in [0.717, 1.165) is 17.7 Å². The van der Waals surface area contributed by atoms with Gasteiger partial charge in [-0.05, 0) is 18.9 Å². The van der Waals surface area contributed by atoms with E-state index in [4.69, 9.17) is 9.47 Å². The predicted molar refractivity (Wildman–Crippen MR) is 72.8 cm³/mol. The Labute approximate surface area is 110 Å². The lowest BCUT2D eigenvalue weighted by Gasteiger charge is -2.31. The van der Waals surface area contributed by atoms with Crippen LogP contribution in [0.15, 0.2) is 24.3 Å². The highest BCUT2D eigenvalue weighted by Gasteiger charge is 2.31. The highest BCUT2D eigenvalue weighted by atomic mass is 16.5. The quantitative estimate of drug-likeness (QED) is 0.758. The lowest BCUT2D eigenvalue weighted by atomic mass is 9.82. The number of methoxy groups -OCH3 is 1. The van der Waals surface area contributed by atoms with Crippen LogP contribution < -0.4 is 4.74 Å². The molecule has 0 amide bonds. The second kappa shape index (κ2) is 6.76. The molecule has 0 fully saturated rings. The Morgan fingerprint density at radius 2 is 1.94 bits per heavy atom. The van der Waals surface area contributed by atoms with Gasteiger partial charge in [0, 0.05) is 12.7 Å². The summed E-state index contributed by atoms with van der Waals surface area (Å²) in [7, 11) is 1.64. The molecule has 0 aliphatic carbocycles. The maximum atomic E-state index is 10.7. The Balaban J connectivity index is 2.93. The Bertz CT molecular complexity index is 361. The zero-order valence-electron chi connectivity index (χ0n) is 11.8. The molecule has 0 saturated heterocycles. The number of aliphatic hydroxyl groups is 1. The highest BCUT2D eigenvalue weighted by Crippen LogP contribution is 2.36. The molecule has 1 rings (SSSR count). The van der Waals surface area contributed by atoms with E-state index in [-0.39, 0.29) is 5.92 Å². The zero-order valence-corrected chi connectivity index (χ0v) is 11.8. The van der Waals surface area contributed by atoms with Crippen molar-refractivity contribution in [3.8, 4) is 5.75 Å². The minimum Gasteiger partial charge on any atom is -0.491 e. The molecule has 2 unspecified atom stereocenters. The topological polar surface area (TPSA) is 38.7 Å². The van der Waals surface area contributed by atoms with Crippen molar-refractivity contribution in [2.24, 2.45) is 5.92 Å². The first-order chi connectivity index (χ1) is 8.54. The second-order valence-corrected chi connectivity index (χ2v) is 4.79. The van der Waals surface area contributed by atoms with Crippen molar-refractivity contribution < 1.29 is 14.6 Å². The van der Waals surface area contributed by atoms with Crippen molar-refractivity contribution >= 4 is 0 Å². The van der Waals surface area contributed by atoms with Crippen molar-refractivity contribution in [2.45, 2.75) is 32.8 Å². The predicted octanol–water partition coefficient (Wildman–Crippen LogP) is 2.97. The fourth-order valence-electron chi connectivity index (χ4n) is 1.91. The lowest BCUT2D eigenvalue weighted by molar-refractivity contribution is -0.00289. The van der Waals surface area contributed by atoms with Crippen molar-refractivity contribution in [1.82, 2.24) is 0 Å². The van der Waals surface area contributed by atoms with Gasteiger partial charge in [0.1, 0.15) is 12.4 Å². The van der Waals surface area contributed by atoms with Crippen LogP contribution >= 0.6 is 0 Å². The molecule has 0 spiro atoms. The fourth-order valence-corrected chi connectivity index (χ4v) is 1.91. The smallest absolute Gasteiger partial charge is 0.125 e. The van der Waals surface area contributed by atoms with Gasteiger partial charge in [0.25, 0.3) is 0 Å². The summed E-state index contributed by atoms with van der Waals surface area (Å²) in [5.41, 5.74) is -0.0336. The first-order valence-electron chi connectivity index (χ1n) is 6.47. The van der Waals surface area contributed by atoms with Gasteiger partial charge >= 0.3 is 0 Å². The Hall–Kier alpha value is -1.06. The molecular formula is C15H24O3. The zero-order chi connectivity index (χ0) is 13.6. The molecule has 1 aromatic carbocycles. The molecule has 0 aliphatic heterocycles. The van der Waals surface area contributed by atoms with E-state index in [0.29, 0.717) is 13.2 Å². The fraction of sp³-hybridized carbons (Fsp3) is 0.600. The van der Waals surface area contributed by atoms with E-state index in [1.807, 2.05) is 38.1 Å². The van der Waals surface area contributed by atoms with Crippen LogP contribution in [0.5, 0.6) is 5.75 Å². The average Bonchev–Trinajstić information content (AvgIpc) is 2.38. The summed E-state index contributed by atoms with van der Waals surface area (Å²) in [4.78, 5) is 0. The van der Waals surface area contributed by atoms with Crippen LogP contribution in [0.1, 0.15) is 32.8 Å². The molecule has 2 atom stereocenters. The summed E-state index contributed by atoms with van der Waals surface area (Å²) >= 11 is 0. The molecule has 0 heterocycles. The van der Waals surface area contributed by atoms with Gasteiger partial charge < -0.3 is 14.6 Å². The summed E-state index contributed by atoms with van der Waals surface area (Å²) in [6, 6.07) is 7.66. The molecule has 0 aromatic heterocycles. The lowest BCUT2D eigenvalue weighted by Crippen LogP contribution is -2.30. The number of ether oxygens (including phenoxy) is 2. The van der Waals surface area contributed by atoms with Crippen LogP contribution in [0.25, 0.3) is 0 Å². The van der Waals surface area contributed by atoms with Crippen LogP contribution in [0.4, 0.5) is 0 Å². The number of hydrogen-bond acceptors (Lipinski definition) is 3. The van der Waals surface area contributed by atoms with Gasteiger partial charge in [-0.3, -0.25) is 0 Å². The van der Waals surface area contributed by atoms with Gasteiger partial charge in [-0.15, -0.1) is 0 Å². The van der Waals surface area contributed by atoms with Crippen LogP contribution in [0.3, 0.4) is 0 Å². The van der Waals surface area contributed by atoms with E-state index in [1.165, 1.54) is 0 Å². The molecular weight excluding hydrogens is 228 g/mol. The average molecular weight is 252 g/mol. The Morgan fingerprint density at radius 3 is 2.56 bits per heavy atom. The van der Waals surface area contributed by atoms with Crippen LogP contribution in [0, 0.1) is 5.92 Å². The number of benzene rings is 1. The van der Waals surface area contributed by atoms with Crippen molar-refractivity contribution in [2.75, 3.05) is 20.3 Å². The first kappa shape index (κ1) is 15.0. The third-order valence-electron chi connectivity index (χ3n) is 3.55. The first-order valence-corrected chi connectivity index (χ1v) is 6.47. The van der Waals surface area contributed by atoms with Crippen LogP contribution in [-0.2, 0) is 10.3 Å². The minimum atomic E-state index is -0.877. The van der Waals surface area contributed by atoms with E-state index >= 15 is 0 Å². The van der Waals surface area contributed by atoms with Gasteiger partial charge in [0.15, 0.2) is 0 Å². The summed E-state index contributed by atoms with van der Waals surface area (Å²) in [5.74, 6) is 0.907. The SMILES string of the molecule is CCC(C)C(C)(O)c1ccccc1OCCOC. The van der Waals surface area contributed by atoms with Crippen LogP contribution in [-0.4, -0.2) is 25.4 Å². The monoisotopic (exact) mass is 252 g/mol. The third-order valence-corrected chi connectivity index (χ3v) is 3.55. The van der Waals surface area contributed by atoms with Crippen molar-refractivity contribution in [3.05, 3.63) is 29.8 Å².